The van der Waals surface area contributed by atoms with Crippen molar-refractivity contribution in [2.45, 2.75) is 51.2 Å². The van der Waals surface area contributed by atoms with Crippen molar-refractivity contribution in [3.63, 3.8) is 0 Å². The summed E-state index contributed by atoms with van der Waals surface area (Å²) in [6.07, 6.45) is 1.88. The van der Waals surface area contributed by atoms with E-state index in [1.54, 1.807) is 42.5 Å². The van der Waals surface area contributed by atoms with Crippen LogP contribution in [0.4, 0.5) is 10.5 Å². The van der Waals surface area contributed by atoms with Crippen molar-refractivity contribution < 1.29 is 28.7 Å². The zero-order chi connectivity index (χ0) is 25.9. The van der Waals surface area contributed by atoms with Crippen LogP contribution in [-0.2, 0) is 19.1 Å². The number of rotatable bonds is 7. The molecule has 9 nitrogen and oxygen atoms in total. The van der Waals surface area contributed by atoms with E-state index in [0.29, 0.717) is 23.4 Å². The third kappa shape index (κ3) is 4.91. The van der Waals surface area contributed by atoms with Gasteiger partial charge in [0.25, 0.3) is 11.8 Å². The highest BCUT2D eigenvalue weighted by atomic mass is 16.5. The van der Waals surface area contributed by atoms with Crippen LogP contribution in [0.15, 0.2) is 48.5 Å². The molecular formula is C27H31N3O6. The average molecular weight is 494 g/mol. The lowest BCUT2D eigenvalue weighted by molar-refractivity contribution is -0.157. The van der Waals surface area contributed by atoms with Gasteiger partial charge >= 0.3 is 12.0 Å². The summed E-state index contributed by atoms with van der Waals surface area (Å²) in [5.41, 5.74) is 0.809. The van der Waals surface area contributed by atoms with Gasteiger partial charge in [0.1, 0.15) is 17.8 Å². The number of hydrogen-bond donors (Lipinski definition) is 2. The molecule has 1 heterocycles. The Bertz CT molecular complexity index is 1170. The molecule has 3 atom stereocenters. The predicted octanol–water partition coefficient (Wildman–Crippen LogP) is 3.73. The molecule has 9 heteroatoms. The molecular weight excluding hydrogens is 462 g/mol. The van der Waals surface area contributed by atoms with Gasteiger partial charge in [0.2, 0.25) is 6.10 Å². The van der Waals surface area contributed by atoms with Gasteiger partial charge in [0.05, 0.1) is 12.8 Å². The molecule has 1 aliphatic heterocycles. The molecule has 36 heavy (non-hydrogen) atoms. The Morgan fingerprint density at radius 1 is 1.17 bits per heavy atom. The summed E-state index contributed by atoms with van der Waals surface area (Å²) in [7, 11) is 1.49. The van der Waals surface area contributed by atoms with E-state index >= 15 is 0 Å². The van der Waals surface area contributed by atoms with Gasteiger partial charge in [-0.1, -0.05) is 56.2 Å². The molecule has 3 unspecified atom stereocenters. The van der Waals surface area contributed by atoms with Crippen molar-refractivity contribution in [2.75, 3.05) is 19.0 Å². The van der Waals surface area contributed by atoms with Crippen molar-refractivity contribution in [1.82, 2.24) is 10.2 Å². The fourth-order valence-corrected chi connectivity index (χ4v) is 4.96. The molecule has 4 rings (SSSR count). The summed E-state index contributed by atoms with van der Waals surface area (Å²) < 4.78 is 10.9. The lowest BCUT2D eigenvalue weighted by Crippen LogP contribution is -2.54. The molecule has 190 valence electrons. The largest absolute Gasteiger partial charge is 0.495 e. The Morgan fingerprint density at radius 2 is 1.92 bits per heavy atom. The van der Waals surface area contributed by atoms with Crippen LogP contribution in [0.3, 0.4) is 0 Å². The van der Waals surface area contributed by atoms with Gasteiger partial charge in [-0.2, -0.15) is 0 Å². The molecule has 2 aromatic carbocycles. The number of amides is 4. The Labute approximate surface area is 210 Å². The van der Waals surface area contributed by atoms with Crippen LogP contribution in [-0.4, -0.2) is 47.9 Å². The summed E-state index contributed by atoms with van der Waals surface area (Å²) in [5, 5.41) is 5.59. The summed E-state index contributed by atoms with van der Waals surface area (Å²) in [4.78, 5) is 53.0. The third-order valence-corrected chi connectivity index (χ3v) is 6.99. The van der Waals surface area contributed by atoms with Crippen LogP contribution in [0.1, 0.15) is 49.8 Å². The van der Waals surface area contributed by atoms with E-state index in [9.17, 15) is 19.2 Å². The van der Waals surface area contributed by atoms with Crippen molar-refractivity contribution in [3.05, 3.63) is 59.7 Å². The first-order valence-corrected chi connectivity index (χ1v) is 12.1. The maximum absolute atomic E-state index is 13.3. The number of anilines is 1. The fourth-order valence-electron chi connectivity index (χ4n) is 4.96. The smallest absolute Gasteiger partial charge is 0.327 e. The molecule has 0 radical (unpaired) electrons. The number of esters is 1. The van der Waals surface area contributed by atoms with Crippen molar-refractivity contribution in [1.29, 1.82) is 0 Å². The first kappa shape index (κ1) is 25.2. The maximum atomic E-state index is 13.3. The van der Waals surface area contributed by atoms with Gasteiger partial charge in [-0.25, -0.2) is 4.79 Å². The zero-order valence-electron chi connectivity index (χ0n) is 20.7. The van der Waals surface area contributed by atoms with Crippen LogP contribution in [0, 0.1) is 12.8 Å². The number of nitrogens with one attached hydrogen (secondary N) is 2. The van der Waals surface area contributed by atoms with Crippen LogP contribution < -0.4 is 15.4 Å². The molecule has 1 saturated heterocycles. The first-order valence-electron chi connectivity index (χ1n) is 12.1. The minimum atomic E-state index is -1.30. The quantitative estimate of drug-likeness (QED) is 0.449. The second kappa shape index (κ2) is 10.4. The van der Waals surface area contributed by atoms with E-state index in [2.05, 4.69) is 10.6 Å². The highest BCUT2D eigenvalue weighted by molar-refractivity contribution is 6.09. The normalized spacial score (nSPS) is 22.2. The Morgan fingerprint density at radius 3 is 2.61 bits per heavy atom. The van der Waals surface area contributed by atoms with Gasteiger partial charge < -0.3 is 20.1 Å². The standard InChI is InChI=1S/C27H31N3O6/c1-17-12-13-21(35-3)20(15-17)28-24(32)23(19-10-5-4-6-11-19)36-22(31)16-30-25(33)27(29-26(30)34)14-8-7-9-18(27)2/h4-6,10-13,15,18,23H,7-9,14,16H2,1-3H3,(H,28,32)(H,29,34). The zero-order valence-corrected chi connectivity index (χ0v) is 20.7. The molecule has 0 bridgehead atoms. The first-order chi connectivity index (χ1) is 17.2. The second-order valence-corrected chi connectivity index (χ2v) is 9.41. The van der Waals surface area contributed by atoms with Gasteiger partial charge in [0, 0.05) is 5.56 Å². The fraction of sp³-hybridized carbons (Fsp3) is 0.407. The van der Waals surface area contributed by atoms with Gasteiger partial charge in [-0.15, -0.1) is 0 Å². The molecule has 2 fully saturated rings. The molecule has 2 aliphatic rings. The van der Waals surface area contributed by atoms with Crippen LogP contribution >= 0.6 is 0 Å². The van der Waals surface area contributed by atoms with E-state index in [1.807, 2.05) is 19.9 Å². The summed E-state index contributed by atoms with van der Waals surface area (Å²) in [5.74, 6) is -1.44. The monoisotopic (exact) mass is 493 g/mol. The van der Waals surface area contributed by atoms with Gasteiger partial charge in [0.15, 0.2) is 0 Å². The SMILES string of the molecule is COc1ccc(C)cc1NC(=O)C(OC(=O)CN1C(=O)NC2(CCCCC2C)C1=O)c1ccccc1. The molecule has 2 aromatic rings. The molecule has 1 saturated carbocycles. The van der Waals surface area contributed by atoms with Crippen molar-refractivity contribution in [3.8, 4) is 5.75 Å². The van der Waals surface area contributed by atoms with E-state index in [-0.39, 0.29) is 5.92 Å². The van der Waals surface area contributed by atoms with Crippen LogP contribution in [0.5, 0.6) is 5.75 Å². The van der Waals surface area contributed by atoms with Crippen molar-refractivity contribution in [2.24, 2.45) is 5.92 Å². The number of urea groups is 1. The number of imide groups is 1. The van der Waals surface area contributed by atoms with Gasteiger partial charge in [-0.05, 0) is 43.4 Å². The summed E-state index contributed by atoms with van der Waals surface area (Å²) in [6, 6.07) is 13.3. The molecule has 0 aromatic heterocycles. The minimum Gasteiger partial charge on any atom is -0.495 e. The topological polar surface area (TPSA) is 114 Å². The van der Waals surface area contributed by atoms with E-state index in [1.165, 1.54) is 7.11 Å². The minimum absolute atomic E-state index is 0.0316. The van der Waals surface area contributed by atoms with Crippen LogP contribution in [0.25, 0.3) is 0 Å². The lowest BCUT2D eigenvalue weighted by atomic mass is 9.73. The van der Waals surface area contributed by atoms with E-state index in [4.69, 9.17) is 9.47 Å². The van der Waals surface area contributed by atoms with E-state index < -0.39 is 42.0 Å². The second-order valence-electron chi connectivity index (χ2n) is 9.41. The number of carbonyl (C=O) groups is 4. The summed E-state index contributed by atoms with van der Waals surface area (Å²) >= 11 is 0. The highest BCUT2D eigenvalue weighted by Crippen LogP contribution is 2.38. The molecule has 2 N–H and O–H groups in total. The third-order valence-electron chi connectivity index (χ3n) is 6.99. The lowest BCUT2D eigenvalue weighted by Gasteiger charge is -2.36. The van der Waals surface area contributed by atoms with Crippen LogP contribution in [0.2, 0.25) is 0 Å². The number of hydrogen-bond acceptors (Lipinski definition) is 6. The Hall–Kier alpha value is -3.88. The van der Waals surface area contributed by atoms with Crippen molar-refractivity contribution >= 4 is 29.5 Å². The Balaban J connectivity index is 1.52. The number of benzene rings is 2. The average Bonchev–Trinajstić information content (AvgIpc) is 3.09. The molecule has 4 amide bonds. The van der Waals surface area contributed by atoms with Gasteiger partial charge in [-0.3, -0.25) is 19.3 Å². The van der Waals surface area contributed by atoms with E-state index in [0.717, 1.165) is 29.7 Å². The summed E-state index contributed by atoms with van der Waals surface area (Å²) in [6.45, 7) is 3.24. The number of methoxy groups -OCH3 is 1. The maximum Gasteiger partial charge on any atom is 0.327 e. The molecule has 1 aliphatic carbocycles. The molecule has 1 spiro atoms. The predicted molar refractivity (Wildman–Crippen MR) is 132 cm³/mol. The highest BCUT2D eigenvalue weighted by Gasteiger charge is 2.55. The number of nitrogens with zero attached hydrogens (tertiary/aromatic N) is 1. The number of ether oxygens (including phenoxy) is 2. The number of aryl methyl sites for hydroxylation is 1. The Kier molecular flexibility index (Phi) is 7.28. The number of carbonyl (C=O) groups excluding carboxylic acids is 4.